The van der Waals surface area contributed by atoms with Crippen LogP contribution in [0.3, 0.4) is 0 Å². The van der Waals surface area contributed by atoms with Gasteiger partial charge in [0.1, 0.15) is 19.3 Å². The molecule has 2 aromatic carbocycles. The zero-order valence-corrected chi connectivity index (χ0v) is 16.3. The number of methoxy groups -OCH3 is 1. The van der Waals surface area contributed by atoms with Gasteiger partial charge in [0.2, 0.25) is 0 Å². The van der Waals surface area contributed by atoms with Crippen LogP contribution in [0.15, 0.2) is 36.6 Å². The van der Waals surface area contributed by atoms with Crippen LogP contribution < -0.4 is 14.8 Å². The Morgan fingerprint density at radius 3 is 2.94 bits per heavy atom. The molecule has 31 heavy (non-hydrogen) atoms. The van der Waals surface area contributed by atoms with Gasteiger partial charge in [0.05, 0.1) is 48.3 Å². The van der Waals surface area contributed by atoms with Gasteiger partial charge in [-0.2, -0.15) is 0 Å². The van der Waals surface area contributed by atoms with Crippen LogP contribution in [0.4, 0.5) is 15.9 Å². The molecule has 1 aromatic heterocycles. The average Bonchev–Trinajstić information content (AvgIpc) is 2.91. The van der Waals surface area contributed by atoms with Crippen molar-refractivity contribution in [2.24, 2.45) is 0 Å². The first kappa shape index (κ1) is 9.05. The number of anilines is 2. The van der Waals surface area contributed by atoms with Crippen molar-refractivity contribution in [3.63, 3.8) is 0 Å². The molecule has 0 saturated carbocycles. The van der Waals surface area contributed by atoms with E-state index < -0.39 is 103 Å². The maximum absolute atomic E-state index is 13.7. The Morgan fingerprint density at radius 1 is 1.32 bits per heavy atom. The lowest BCUT2D eigenvalue weighted by Crippen LogP contribution is -2.37. The van der Waals surface area contributed by atoms with Crippen molar-refractivity contribution in [2.75, 3.05) is 51.6 Å². The third-order valence-corrected chi connectivity index (χ3v) is 3.94. The minimum absolute atomic E-state index is 0.0682. The van der Waals surface area contributed by atoms with E-state index in [1.165, 1.54) is 6.07 Å². The summed E-state index contributed by atoms with van der Waals surface area (Å²) in [6.45, 7) is -24.0. The third kappa shape index (κ3) is 5.33. The van der Waals surface area contributed by atoms with E-state index in [4.69, 9.17) is 44.4 Å². The predicted molar refractivity (Wildman–Crippen MR) is 118 cm³/mol. The molecule has 1 fully saturated rings. The lowest BCUT2D eigenvalue weighted by Gasteiger charge is -2.26. The molecule has 2 heterocycles. The minimum Gasteiger partial charge on any atom is -0.493 e. The molecule has 3 aromatic rings. The van der Waals surface area contributed by atoms with E-state index in [2.05, 4.69) is 20.0 Å². The van der Waals surface area contributed by atoms with Gasteiger partial charge in [-0.1, -0.05) is 11.6 Å². The zero-order valence-electron chi connectivity index (χ0n) is 32.6. The van der Waals surface area contributed by atoms with Gasteiger partial charge in [0, 0.05) is 47.6 Å². The number of ether oxygens (including phenoxy) is 3. The molecule has 7 nitrogen and oxygen atoms in total. The number of halogens is 2. The summed E-state index contributed by atoms with van der Waals surface area (Å²) in [5.41, 5.74) is -0.364. The van der Waals surface area contributed by atoms with Crippen LogP contribution >= 0.6 is 11.6 Å². The van der Waals surface area contributed by atoms with E-state index in [9.17, 15) is 4.39 Å². The molecule has 0 atom stereocenters. The summed E-state index contributed by atoms with van der Waals surface area (Å²) in [4.78, 5) is 6.87. The van der Waals surface area contributed by atoms with Gasteiger partial charge in [-0.05, 0) is 30.6 Å². The standard InChI is InChI=1S/C22H24ClFN4O3/c1-29-20-13-19-16(12-21(20)31-8-2-5-28-6-9-30-10-7-28)22(26-14-25-19)27-15-3-4-18(24)17(23)11-15/h3-4,11-14H,2,5-10H2,1H3,(H,25,26,27)/i2D2,5D2,6D2,7D2,8D2,9D2,10D2,12D,13D,14D. The number of aromatic nitrogens is 2. The smallest absolute Gasteiger partial charge is 0.162 e. The molecule has 0 unspecified atom stereocenters. The molecule has 1 N–H and O–H groups in total. The lowest BCUT2D eigenvalue weighted by molar-refractivity contribution is 0.0357. The van der Waals surface area contributed by atoms with Crippen molar-refractivity contribution in [3.05, 3.63) is 47.4 Å². The highest BCUT2D eigenvalue weighted by atomic mass is 35.5. The summed E-state index contributed by atoms with van der Waals surface area (Å²) in [7, 11) is 0.943. The number of hydrogen-bond acceptors (Lipinski definition) is 7. The molecule has 1 aliphatic rings. The first-order valence-corrected chi connectivity index (χ1v) is 8.74. The summed E-state index contributed by atoms with van der Waals surface area (Å²) in [6, 6.07) is 1.62. The average molecular weight is 464 g/mol. The molecular formula is C22H24ClFN4O3. The number of rotatable bonds is 8. The van der Waals surface area contributed by atoms with Crippen molar-refractivity contribution in [1.29, 1.82) is 0 Å². The maximum Gasteiger partial charge on any atom is 0.162 e. The molecule has 0 bridgehead atoms. The van der Waals surface area contributed by atoms with E-state index in [1.807, 2.05) is 0 Å². The van der Waals surface area contributed by atoms with Crippen LogP contribution in [-0.2, 0) is 4.74 Å². The maximum atomic E-state index is 13.7. The molecule has 164 valence electrons. The fourth-order valence-electron chi connectivity index (χ4n) is 2.31. The van der Waals surface area contributed by atoms with Gasteiger partial charge >= 0.3 is 0 Å². The molecule has 1 aliphatic heterocycles. The normalized spacial score (nSPS) is 30.5. The first-order chi connectivity index (χ1) is 21.6. The van der Waals surface area contributed by atoms with Crippen LogP contribution in [0.5, 0.6) is 11.5 Å². The van der Waals surface area contributed by atoms with Crippen molar-refractivity contribution in [2.45, 2.75) is 6.37 Å². The van der Waals surface area contributed by atoms with Crippen molar-refractivity contribution in [3.8, 4) is 11.5 Å². The lowest BCUT2D eigenvalue weighted by atomic mass is 10.2. The Kier molecular flexibility index (Phi) is 2.95. The van der Waals surface area contributed by atoms with Gasteiger partial charge in [-0.3, -0.25) is 4.90 Å². The molecule has 9 heteroatoms. The third-order valence-electron chi connectivity index (χ3n) is 3.65. The van der Waals surface area contributed by atoms with E-state index in [0.29, 0.717) is 0 Å². The number of fused-ring (bicyclic) bond motifs is 1. The van der Waals surface area contributed by atoms with Gasteiger partial charge < -0.3 is 19.5 Å². The van der Waals surface area contributed by atoms with E-state index in [0.717, 1.165) is 19.2 Å². The van der Waals surface area contributed by atoms with Crippen LogP contribution in [0.1, 0.15) is 29.7 Å². The summed E-state index contributed by atoms with van der Waals surface area (Å²) in [5, 5.41) is 1.88. The van der Waals surface area contributed by atoms with Crippen molar-refractivity contribution >= 4 is 34.0 Å². The number of benzene rings is 2. The second kappa shape index (κ2) is 10.1. The topological polar surface area (TPSA) is 68.7 Å². The molecule has 0 radical (unpaired) electrons. The molecular weight excluding hydrogens is 423 g/mol. The minimum atomic E-state index is -4.32. The second-order valence-electron chi connectivity index (χ2n) is 5.57. The highest BCUT2D eigenvalue weighted by molar-refractivity contribution is 6.31. The Hall–Kier alpha value is -2.68. The SMILES string of the molecule is [2H]c1nc(Nc2ccc(F)c(Cl)c2)c2c([2H])c(OC([2H])([2H])C([2H])([2H])C([2H])([2H])N3C([2H])([2H])C([2H])([2H])OC([2H])([2H])C3([2H])[2H])c(OC)c([2H])c2n1. The van der Waals surface area contributed by atoms with Crippen molar-refractivity contribution in [1.82, 2.24) is 14.9 Å². The molecule has 4 rings (SSSR count). The number of hydrogen-bond donors (Lipinski definition) is 1. The van der Waals surface area contributed by atoms with Crippen molar-refractivity contribution < 1.29 is 41.9 Å². The fourth-order valence-corrected chi connectivity index (χ4v) is 2.49. The highest BCUT2D eigenvalue weighted by Gasteiger charge is 2.14. The van der Waals surface area contributed by atoms with Gasteiger partial charge in [0.25, 0.3) is 0 Å². The van der Waals surface area contributed by atoms with Gasteiger partial charge in [0.15, 0.2) is 11.5 Å². The van der Waals surface area contributed by atoms with Crippen LogP contribution in [0.2, 0.25) is 5.02 Å². The largest absolute Gasteiger partial charge is 0.493 e. The number of nitrogens with zero attached hydrogens (tertiary/aromatic N) is 3. The molecule has 0 spiro atoms. The molecule has 1 saturated heterocycles. The second-order valence-corrected chi connectivity index (χ2v) is 5.98. The molecule has 0 amide bonds. The number of morpholine rings is 1. The Morgan fingerprint density at radius 2 is 2.16 bits per heavy atom. The predicted octanol–water partition coefficient (Wildman–Crippen LogP) is 4.28. The Balaban J connectivity index is 1.91. The van der Waals surface area contributed by atoms with E-state index in [-0.39, 0.29) is 10.7 Å². The Labute approximate surface area is 209 Å². The van der Waals surface area contributed by atoms with E-state index >= 15 is 0 Å². The van der Waals surface area contributed by atoms with Gasteiger partial charge in [-0.25, -0.2) is 14.4 Å². The summed E-state index contributed by atoms with van der Waals surface area (Å²) in [5.74, 6) is -3.02. The fraction of sp³-hybridized carbons (Fsp3) is 0.364. The number of nitrogens with one attached hydrogen (secondary N) is 1. The van der Waals surface area contributed by atoms with Crippen LogP contribution in [0.25, 0.3) is 10.9 Å². The monoisotopic (exact) mass is 463 g/mol. The zero-order chi connectivity index (χ0) is 36.8. The summed E-state index contributed by atoms with van der Waals surface area (Å²) < 4.78 is 168. The highest BCUT2D eigenvalue weighted by Crippen LogP contribution is 2.35. The summed E-state index contributed by atoms with van der Waals surface area (Å²) >= 11 is 5.83. The van der Waals surface area contributed by atoms with Crippen LogP contribution in [0, 0.1) is 5.82 Å². The molecule has 0 aliphatic carbocycles. The first-order valence-electron chi connectivity index (χ1n) is 16.9. The Bertz CT molecular complexity index is 1760. The van der Waals surface area contributed by atoms with Gasteiger partial charge in [-0.15, -0.1) is 0 Å². The van der Waals surface area contributed by atoms with E-state index in [1.54, 1.807) is 0 Å². The summed E-state index contributed by atoms with van der Waals surface area (Å²) in [6.07, 6.45) is -4.96. The van der Waals surface area contributed by atoms with Crippen LogP contribution in [-0.4, -0.2) is 61.1 Å². The quantitative estimate of drug-likeness (QED) is 0.534.